The second-order valence-corrected chi connectivity index (χ2v) is 7.31. The predicted molar refractivity (Wildman–Crippen MR) is 105 cm³/mol. The Morgan fingerprint density at radius 3 is 2.38 bits per heavy atom. The van der Waals surface area contributed by atoms with Gasteiger partial charge in [0.05, 0.1) is 18.0 Å². The molecule has 0 saturated carbocycles. The van der Waals surface area contributed by atoms with Crippen molar-refractivity contribution < 1.29 is 4.74 Å². The molecule has 0 spiro atoms. The van der Waals surface area contributed by atoms with Gasteiger partial charge in [-0.2, -0.15) is 0 Å². The van der Waals surface area contributed by atoms with Crippen molar-refractivity contribution in [3.05, 3.63) is 53.9 Å². The second kappa shape index (κ2) is 7.68. The molecule has 0 N–H and O–H groups in total. The number of azo groups is 1. The second-order valence-electron chi connectivity index (χ2n) is 7.31. The molecule has 2 aromatic heterocycles. The first-order valence-electron chi connectivity index (χ1n) is 9.07. The molecule has 3 aromatic rings. The zero-order chi connectivity index (χ0) is 18.7. The normalized spacial score (nSPS) is 12.0. The predicted octanol–water partition coefficient (Wildman–Crippen LogP) is 6.22. The molecule has 0 atom stereocenters. The largest absolute Gasteiger partial charge is 0.493 e. The molecule has 3 rings (SSSR count). The molecule has 0 radical (unpaired) electrons. The van der Waals surface area contributed by atoms with Crippen LogP contribution in [0.15, 0.2) is 52.8 Å². The Hall–Kier alpha value is -2.69. The van der Waals surface area contributed by atoms with Gasteiger partial charge in [-0.1, -0.05) is 33.8 Å². The van der Waals surface area contributed by atoms with E-state index in [9.17, 15) is 0 Å². The fourth-order valence-electron chi connectivity index (χ4n) is 2.62. The molecule has 0 aliphatic carbocycles. The molecular weight excluding hydrogens is 324 g/mol. The minimum Gasteiger partial charge on any atom is -0.493 e. The van der Waals surface area contributed by atoms with Gasteiger partial charge in [0, 0.05) is 6.20 Å². The zero-order valence-electron chi connectivity index (χ0n) is 16.1. The van der Waals surface area contributed by atoms with Crippen LogP contribution in [0.3, 0.4) is 0 Å². The van der Waals surface area contributed by atoms with E-state index in [1.807, 2.05) is 40.9 Å². The fourth-order valence-corrected chi connectivity index (χ4v) is 2.62. The minimum absolute atomic E-state index is 0.274. The van der Waals surface area contributed by atoms with Crippen molar-refractivity contribution in [3.8, 4) is 5.75 Å². The molecule has 136 valence electrons. The van der Waals surface area contributed by atoms with Crippen LogP contribution in [0.1, 0.15) is 44.9 Å². The standard InChI is InChI=1S/C21H26N4O/c1-14(2)13-26-18-9-7-17(8-10-18)23-24-21-20(15(3)4)22-19-11-6-16(5)12-25(19)21/h6-12,14-15H,13H2,1-5H3. The Labute approximate surface area is 154 Å². The summed E-state index contributed by atoms with van der Waals surface area (Å²) in [5, 5.41) is 8.93. The third-order valence-corrected chi connectivity index (χ3v) is 3.99. The zero-order valence-corrected chi connectivity index (χ0v) is 16.1. The summed E-state index contributed by atoms with van der Waals surface area (Å²) >= 11 is 0. The van der Waals surface area contributed by atoms with E-state index in [0.29, 0.717) is 12.5 Å². The highest BCUT2D eigenvalue weighted by atomic mass is 16.5. The first-order chi connectivity index (χ1) is 12.4. The molecule has 0 aliphatic heterocycles. The van der Waals surface area contributed by atoms with Crippen LogP contribution in [0.4, 0.5) is 11.5 Å². The Morgan fingerprint density at radius 1 is 1.00 bits per heavy atom. The van der Waals surface area contributed by atoms with E-state index in [0.717, 1.165) is 34.2 Å². The number of benzene rings is 1. The Kier molecular flexibility index (Phi) is 5.35. The Morgan fingerprint density at radius 2 is 1.73 bits per heavy atom. The van der Waals surface area contributed by atoms with Gasteiger partial charge in [0.2, 0.25) is 0 Å². The van der Waals surface area contributed by atoms with Crippen LogP contribution in [-0.4, -0.2) is 16.0 Å². The molecule has 0 amide bonds. The first-order valence-corrected chi connectivity index (χ1v) is 9.07. The van der Waals surface area contributed by atoms with Gasteiger partial charge in [0.1, 0.15) is 11.4 Å². The number of hydrogen-bond acceptors (Lipinski definition) is 4. The lowest BCUT2D eigenvalue weighted by Crippen LogP contribution is -2.03. The number of fused-ring (bicyclic) bond motifs is 1. The number of imidazole rings is 1. The summed E-state index contributed by atoms with van der Waals surface area (Å²) < 4.78 is 7.72. The maximum atomic E-state index is 5.71. The third-order valence-electron chi connectivity index (χ3n) is 3.99. The summed E-state index contributed by atoms with van der Waals surface area (Å²) in [5.41, 5.74) is 3.80. The topological polar surface area (TPSA) is 51.2 Å². The van der Waals surface area contributed by atoms with Crippen LogP contribution in [0.5, 0.6) is 5.75 Å². The van der Waals surface area contributed by atoms with E-state index in [1.165, 1.54) is 0 Å². The molecule has 2 heterocycles. The average Bonchev–Trinajstić information content (AvgIpc) is 2.97. The summed E-state index contributed by atoms with van der Waals surface area (Å²) in [6.45, 7) is 11.3. The molecule has 0 bridgehead atoms. The SMILES string of the molecule is Cc1ccc2nc(C(C)C)c(N=Nc3ccc(OCC(C)C)cc3)n2c1. The molecule has 0 unspecified atom stereocenters. The molecule has 1 aromatic carbocycles. The van der Waals surface area contributed by atoms with Gasteiger partial charge >= 0.3 is 0 Å². The summed E-state index contributed by atoms with van der Waals surface area (Å²) in [7, 11) is 0. The first kappa shape index (κ1) is 18.1. The van der Waals surface area contributed by atoms with Gasteiger partial charge < -0.3 is 4.74 Å². The van der Waals surface area contributed by atoms with Crippen LogP contribution in [0, 0.1) is 12.8 Å². The number of pyridine rings is 1. The van der Waals surface area contributed by atoms with E-state index < -0.39 is 0 Å². The highest BCUT2D eigenvalue weighted by molar-refractivity contribution is 5.54. The number of aromatic nitrogens is 2. The van der Waals surface area contributed by atoms with Crippen LogP contribution in [0.2, 0.25) is 0 Å². The summed E-state index contributed by atoms with van der Waals surface area (Å²) in [6.07, 6.45) is 2.05. The highest BCUT2D eigenvalue weighted by Gasteiger charge is 2.15. The molecule has 5 heteroatoms. The summed E-state index contributed by atoms with van der Waals surface area (Å²) in [4.78, 5) is 4.71. The smallest absolute Gasteiger partial charge is 0.183 e. The van der Waals surface area contributed by atoms with Gasteiger partial charge in [0.15, 0.2) is 5.82 Å². The summed E-state index contributed by atoms with van der Waals surface area (Å²) in [5.74, 6) is 2.42. The van der Waals surface area contributed by atoms with Crippen molar-refractivity contribution in [1.82, 2.24) is 9.38 Å². The highest BCUT2D eigenvalue weighted by Crippen LogP contribution is 2.30. The van der Waals surface area contributed by atoms with Crippen LogP contribution < -0.4 is 4.74 Å². The Balaban J connectivity index is 1.88. The Bertz CT molecular complexity index is 908. The third kappa shape index (κ3) is 4.10. The molecule has 0 aliphatic rings. The van der Waals surface area contributed by atoms with E-state index >= 15 is 0 Å². The lowest BCUT2D eigenvalue weighted by Gasteiger charge is -2.08. The number of rotatable bonds is 6. The molecule has 26 heavy (non-hydrogen) atoms. The van der Waals surface area contributed by atoms with E-state index in [1.54, 1.807) is 0 Å². The van der Waals surface area contributed by atoms with Crippen molar-refractivity contribution in [2.45, 2.75) is 40.5 Å². The lowest BCUT2D eigenvalue weighted by atomic mass is 10.1. The maximum absolute atomic E-state index is 5.71. The van der Waals surface area contributed by atoms with Gasteiger partial charge in [-0.15, -0.1) is 10.2 Å². The summed E-state index contributed by atoms with van der Waals surface area (Å²) in [6, 6.07) is 11.8. The average molecular weight is 350 g/mol. The van der Waals surface area contributed by atoms with E-state index in [4.69, 9.17) is 9.72 Å². The van der Waals surface area contributed by atoms with Crippen molar-refractivity contribution in [2.24, 2.45) is 16.1 Å². The lowest BCUT2D eigenvalue weighted by molar-refractivity contribution is 0.271. The van der Waals surface area contributed by atoms with Crippen molar-refractivity contribution in [1.29, 1.82) is 0 Å². The van der Waals surface area contributed by atoms with E-state index in [-0.39, 0.29) is 5.92 Å². The number of hydrogen-bond donors (Lipinski definition) is 0. The number of nitrogens with zero attached hydrogens (tertiary/aromatic N) is 4. The molecule has 0 fully saturated rings. The van der Waals surface area contributed by atoms with Gasteiger partial charge in [-0.25, -0.2) is 4.98 Å². The fraction of sp³-hybridized carbons (Fsp3) is 0.381. The van der Waals surface area contributed by atoms with E-state index in [2.05, 4.69) is 50.9 Å². The van der Waals surface area contributed by atoms with Gasteiger partial charge in [0.25, 0.3) is 0 Å². The van der Waals surface area contributed by atoms with Gasteiger partial charge in [-0.05, 0) is 54.7 Å². The van der Waals surface area contributed by atoms with Crippen LogP contribution in [0.25, 0.3) is 5.65 Å². The number of aryl methyl sites for hydroxylation is 1. The quantitative estimate of drug-likeness (QED) is 0.496. The molecule has 0 saturated heterocycles. The molecule has 5 nitrogen and oxygen atoms in total. The van der Waals surface area contributed by atoms with Crippen LogP contribution in [-0.2, 0) is 0 Å². The van der Waals surface area contributed by atoms with Crippen molar-refractivity contribution in [3.63, 3.8) is 0 Å². The van der Waals surface area contributed by atoms with Crippen molar-refractivity contribution in [2.75, 3.05) is 6.61 Å². The minimum atomic E-state index is 0.274. The maximum Gasteiger partial charge on any atom is 0.183 e. The van der Waals surface area contributed by atoms with Crippen LogP contribution >= 0.6 is 0 Å². The molecular formula is C21H26N4O. The van der Waals surface area contributed by atoms with Crippen molar-refractivity contribution >= 4 is 17.2 Å². The monoisotopic (exact) mass is 350 g/mol. The number of ether oxygens (including phenoxy) is 1. The van der Waals surface area contributed by atoms with Gasteiger partial charge in [-0.3, -0.25) is 4.40 Å².